The van der Waals surface area contributed by atoms with E-state index in [2.05, 4.69) is 37.6 Å². The van der Waals surface area contributed by atoms with Crippen molar-refractivity contribution in [3.05, 3.63) is 12.7 Å². The van der Waals surface area contributed by atoms with Gasteiger partial charge in [-0.3, -0.25) is 0 Å². The zero-order valence-electron chi connectivity index (χ0n) is 7.92. The Morgan fingerprint density at radius 2 is 2.00 bits per heavy atom. The highest BCUT2D eigenvalue weighted by molar-refractivity contribution is 7.92. The first-order valence-corrected chi connectivity index (χ1v) is 4.94. The maximum absolute atomic E-state index is 3.67. The van der Waals surface area contributed by atoms with Gasteiger partial charge in [0.25, 0.3) is 0 Å². The molecule has 0 aromatic heterocycles. The lowest BCUT2D eigenvalue weighted by Crippen LogP contribution is -2.20. The number of allylic oxidation sites excluding steroid dienone is 1. The normalized spacial score (nSPS) is 13.3. The molecule has 0 fully saturated rings. The van der Waals surface area contributed by atoms with Gasteiger partial charge in [-0.25, -0.2) is 0 Å². The van der Waals surface area contributed by atoms with Crippen LogP contribution in [0.15, 0.2) is 12.7 Å². The summed E-state index contributed by atoms with van der Waals surface area (Å²) in [5, 5.41) is 0. The van der Waals surface area contributed by atoms with Gasteiger partial charge in [0, 0.05) is 11.7 Å². The minimum absolute atomic E-state index is 0.350. The van der Waals surface area contributed by atoms with Gasteiger partial charge in [0.1, 0.15) is 0 Å². The molecule has 0 heterocycles. The summed E-state index contributed by atoms with van der Waals surface area (Å²) in [6.45, 7) is 11.4. The Bertz CT molecular complexity index is 153. The summed E-state index contributed by atoms with van der Waals surface area (Å²) < 4.78 is 2.19. The molecule has 0 aromatic rings. The predicted octanol–water partition coefficient (Wildman–Crippen LogP) is 2.58. The van der Waals surface area contributed by atoms with Gasteiger partial charge in [0.05, 0.1) is 0 Å². The van der Waals surface area contributed by atoms with E-state index in [4.69, 9.17) is 0 Å². The number of hydrogen-bond acceptors (Lipinski definition) is 1. The van der Waals surface area contributed by atoms with Gasteiger partial charge in [-0.15, -0.1) is 0 Å². The van der Waals surface area contributed by atoms with Crippen molar-refractivity contribution < 1.29 is 3.98 Å². The summed E-state index contributed by atoms with van der Waals surface area (Å²) in [5.74, 6) is 0. The molecule has 0 spiro atoms. The van der Waals surface area contributed by atoms with Crippen LogP contribution in [-0.2, 0) is 0 Å². The van der Waals surface area contributed by atoms with Gasteiger partial charge in [-0.1, -0.05) is 27.4 Å². The molecule has 0 N–H and O–H groups in total. The second kappa shape index (κ2) is 4.60. The first kappa shape index (κ1) is 10.8. The highest BCUT2D eigenvalue weighted by atomic mass is 32.2. The predicted molar refractivity (Wildman–Crippen MR) is 54.4 cm³/mol. The average molecular weight is 172 g/mol. The minimum atomic E-state index is 0.350. The maximum atomic E-state index is 3.67. The van der Waals surface area contributed by atoms with Crippen LogP contribution < -0.4 is 0 Å². The van der Waals surface area contributed by atoms with Crippen molar-refractivity contribution in [2.75, 3.05) is 12.8 Å². The van der Waals surface area contributed by atoms with Crippen LogP contribution in [0.5, 0.6) is 0 Å². The quantitative estimate of drug-likeness (QED) is 0.359. The van der Waals surface area contributed by atoms with Crippen molar-refractivity contribution in [2.24, 2.45) is 5.41 Å². The molecule has 0 saturated heterocycles. The molecule has 0 unspecified atom stereocenters. The van der Waals surface area contributed by atoms with Crippen molar-refractivity contribution in [1.82, 2.24) is 0 Å². The Labute approximate surface area is 74.3 Å². The summed E-state index contributed by atoms with van der Waals surface area (Å²) >= 11 is 1.73. The van der Waals surface area contributed by atoms with E-state index >= 15 is 0 Å². The molecule has 0 aromatic carbocycles. The Balaban J connectivity index is 4.09. The largest absolute Gasteiger partial charge is 0.176 e. The van der Waals surface area contributed by atoms with Crippen LogP contribution >= 0.6 is 11.9 Å². The molecular weight excluding hydrogens is 154 g/mol. The van der Waals surface area contributed by atoms with Crippen LogP contribution in [0.2, 0.25) is 0 Å². The third-order valence-electron chi connectivity index (χ3n) is 1.14. The number of nitrogens with zero attached hydrogens (tertiary/aromatic N) is 1. The molecule has 0 bridgehead atoms. The lowest BCUT2D eigenvalue weighted by Gasteiger charge is -2.13. The van der Waals surface area contributed by atoms with Crippen molar-refractivity contribution in [3.63, 3.8) is 0 Å². The average Bonchev–Trinajstić information content (AvgIpc) is 1.84. The van der Waals surface area contributed by atoms with Gasteiger partial charge in [0.15, 0.2) is 24.7 Å². The summed E-state index contributed by atoms with van der Waals surface area (Å²) in [4.78, 5) is 0. The van der Waals surface area contributed by atoms with E-state index in [9.17, 15) is 0 Å². The van der Waals surface area contributed by atoms with Crippen molar-refractivity contribution in [2.45, 2.75) is 20.8 Å². The molecule has 0 radical (unpaired) electrons. The topological polar surface area (TPSA) is 3.01 Å². The SMILES string of the molecule is C=C/C=[N+](/CC(C)(C)C)SC. The van der Waals surface area contributed by atoms with E-state index in [0.29, 0.717) is 5.41 Å². The standard InChI is InChI=1S/C9H18NS/c1-6-7-10(11-5)8-9(2,3)4/h6-7H,1,8H2,2-5H3/q+1/b10-7-. The van der Waals surface area contributed by atoms with Crippen molar-refractivity contribution in [3.8, 4) is 0 Å². The molecule has 0 aliphatic heterocycles. The number of rotatable bonds is 3. The molecule has 2 heteroatoms. The monoisotopic (exact) mass is 172 g/mol. The summed E-state index contributed by atoms with van der Waals surface area (Å²) in [6.07, 6.45) is 5.91. The highest BCUT2D eigenvalue weighted by Gasteiger charge is 2.17. The fourth-order valence-corrected chi connectivity index (χ4v) is 1.49. The highest BCUT2D eigenvalue weighted by Crippen LogP contribution is 2.15. The van der Waals surface area contributed by atoms with Gasteiger partial charge in [-0.2, -0.15) is 3.98 Å². The van der Waals surface area contributed by atoms with Crippen molar-refractivity contribution in [1.29, 1.82) is 0 Å². The van der Waals surface area contributed by atoms with Gasteiger partial charge in [0.2, 0.25) is 0 Å². The Morgan fingerprint density at radius 3 is 2.27 bits per heavy atom. The third kappa shape index (κ3) is 6.17. The van der Waals surface area contributed by atoms with Crippen LogP contribution in [-0.4, -0.2) is 23.0 Å². The molecule has 0 saturated carbocycles. The molecular formula is C9H18NS+. The first-order valence-electron chi connectivity index (χ1n) is 3.76. The van der Waals surface area contributed by atoms with Crippen LogP contribution in [0.25, 0.3) is 0 Å². The second-order valence-electron chi connectivity index (χ2n) is 3.70. The van der Waals surface area contributed by atoms with E-state index in [1.807, 2.05) is 12.3 Å². The summed E-state index contributed by atoms with van der Waals surface area (Å²) in [6, 6.07) is 0. The third-order valence-corrected chi connectivity index (χ3v) is 1.86. The Morgan fingerprint density at radius 1 is 1.45 bits per heavy atom. The van der Waals surface area contributed by atoms with Crippen molar-refractivity contribution >= 4 is 18.2 Å². The van der Waals surface area contributed by atoms with E-state index in [-0.39, 0.29) is 0 Å². The fourth-order valence-electron chi connectivity index (χ4n) is 0.763. The molecule has 64 valence electrons. The summed E-state index contributed by atoms with van der Waals surface area (Å²) in [7, 11) is 0. The lowest BCUT2D eigenvalue weighted by molar-refractivity contribution is -0.361. The molecule has 0 aliphatic carbocycles. The van der Waals surface area contributed by atoms with Gasteiger partial charge >= 0.3 is 0 Å². The Hall–Kier alpha value is -0.240. The van der Waals surface area contributed by atoms with Gasteiger partial charge in [-0.05, 0) is 6.08 Å². The number of hydrogen-bond donors (Lipinski definition) is 0. The van der Waals surface area contributed by atoms with Crippen LogP contribution in [0.3, 0.4) is 0 Å². The molecule has 11 heavy (non-hydrogen) atoms. The fraction of sp³-hybridized carbons (Fsp3) is 0.667. The molecule has 0 atom stereocenters. The zero-order valence-corrected chi connectivity index (χ0v) is 8.74. The second-order valence-corrected chi connectivity index (χ2v) is 4.54. The minimum Gasteiger partial charge on any atom is -0.165 e. The van der Waals surface area contributed by atoms with E-state index in [1.165, 1.54) is 0 Å². The lowest BCUT2D eigenvalue weighted by atomic mass is 9.97. The molecule has 0 amide bonds. The molecule has 0 aliphatic rings. The van der Waals surface area contributed by atoms with Gasteiger partial charge < -0.3 is 0 Å². The summed E-state index contributed by atoms with van der Waals surface area (Å²) in [5.41, 5.74) is 0.350. The Kier molecular flexibility index (Phi) is 4.50. The molecule has 1 nitrogen and oxygen atoms in total. The van der Waals surface area contributed by atoms with Crippen LogP contribution in [0.4, 0.5) is 0 Å². The zero-order chi connectivity index (χ0) is 8.91. The van der Waals surface area contributed by atoms with Crippen LogP contribution in [0.1, 0.15) is 20.8 Å². The maximum Gasteiger partial charge on any atom is 0.176 e. The smallest absolute Gasteiger partial charge is 0.165 e. The van der Waals surface area contributed by atoms with E-state index < -0.39 is 0 Å². The van der Waals surface area contributed by atoms with E-state index in [1.54, 1.807) is 11.9 Å². The van der Waals surface area contributed by atoms with E-state index in [0.717, 1.165) is 6.54 Å². The molecule has 0 rings (SSSR count). The van der Waals surface area contributed by atoms with Crippen LogP contribution in [0, 0.1) is 5.41 Å². The first-order chi connectivity index (χ1) is 4.99.